The van der Waals surface area contributed by atoms with Gasteiger partial charge in [0, 0.05) is 23.0 Å². The van der Waals surface area contributed by atoms with E-state index in [1.54, 1.807) is 18.2 Å². The summed E-state index contributed by atoms with van der Waals surface area (Å²) in [4.78, 5) is 11.7. The number of benzene rings is 1. The van der Waals surface area contributed by atoms with Crippen molar-refractivity contribution >= 4 is 29.0 Å². The van der Waals surface area contributed by atoms with Crippen molar-refractivity contribution in [2.24, 2.45) is 5.73 Å². The van der Waals surface area contributed by atoms with E-state index >= 15 is 0 Å². The van der Waals surface area contributed by atoms with Crippen molar-refractivity contribution in [2.75, 3.05) is 0 Å². The fourth-order valence-electron chi connectivity index (χ4n) is 1.21. The molecule has 0 amide bonds. The summed E-state index contributed by atoms with van der Waals surface area (Å²) in [5.74, 6) is -0.0361. The highest BCUT2D eigenvalue weighted by molar-refractivity contribution is 6.36. The third kappa shape index (κ3) is 3.49. The van der Waals surface area contributed by atoms with E-state index in [-0.39, 0.29) is 11.8 Å². The van der Waals surface area contributed by atoms with Gasteiger partial charge in [-0.1, -0.05) is 30.1 Å². The Labute approximate surface area is 99.4 Å². The molecule has 0 aliphatic carbocycles. The minimum Gasteiger partial charge on any atom is -0.327 e. The molecule has 0 aromatic heterocycles. The highest BCUT2D eigenvalue weighted by atomic mass is 35.5. The fraction of sp³-hybridized carbons (Fsp3) is 0.364. The molecule has 0 spiro atoms. The van der Waals surface area contributed by atoms with Crippen LogP contribution in [0.4, 0.5) is 0 Å². The van der Waals surface area contributed by atoms with Crippen LogP contribution in [-0.2, 0) is 0 Å². The summed E-state index contributed by atoms with van der Waals surface area (Å²) < 4.78 is 0. The van der Waals surface area contributed by atoms with Gasteiger partial charge in [-0.05, 0) is 24.6 Å². The lowest BCUT2D eigenvalue weighted by molar-refractivity contribution is 0.0974. The number of ketones is 1. The van der Waals surface area contributed by atoms with Crippen LogP contribution in [0.15, 0.2) is 18.2 Å². The van der Waals surface area contributed by atoms with Gasteiger partial charge in [0.15, 0.2) is 5.78 Å². The molecule has 15 heavy (non-hydrogen) atoms. The van der Waals surface area contributed by atoms with Crippen molar-refractivity contribution in [1.29, 1.82) is 0 Å². The van der Waals surface area contributed by atoms with E-state index in [1.807, 2.05) is 6.92 Å². The molecule has 0 aliphatic heterocycles. The summed E-state index contributed by atoms with van der Waals surface area (Å²) >= 11 is 11.6. The molecule has 0 aliphatic rings. The predicted octanol–water partition coefficient (Wildman–Crippen LogP) is 3.30. The van der Waals surface area contributed by atoms with Crippen molar-refractivity contribution in [1.82, 2.24) is 0 Å². The molecule has 0 saturated carbocycles. The van der Waals surface area contributed by atoms with E-state index in [0.717, 1.165) is 6.42 Å². The second-order valence-corrected chi connectivity index (χ2v) is 4.26. The maximum absolute atomic E-state index is 11.7. The van der Waals surface area contributed by atoms with Gasteiger partial charge in [-0.25, -0.2) is 0 Å². The van der Waals surface area contributed by atoms with Crippen LogP contribution in [0.25, 0.3) is 0 Å². The van der Waals surface area contributed by atoms with Crippen molar-refractivity contribution in [2.45, 2.75) is 25.8 Å². The van der Waals surface area contributed by atoms with Gasteiger partial charge in [-0.3, -0.25) is 4.79 Å². The van der Waals surface area contributed by atoms with Crippen LogP contribution >= 0.6 is 23.2 Å². The molecular formula is C11H13Cl2NO. The van der Waals surface area contributed by atoms with E-state index in [2.05, 4.69) is 0 Å². The number of nitrogens with two attached hydrogens (primary N) is 1. The van der Waals surface area contributed by atoms with Gasteiger partial charge in [-0.15, -0.1) is 0 Å². The number of rotatable bonds is 4. The number of halogens is 2. The first-order valence-electron chi connectivity index (χ1n) is 4.78. The summed E-state index contributed by atoms with van der Waals surface area (Å²) in [6.45, 7) is 1.95. The molecule has 0 heterocycles. The second-order valence-electron chi connectivity index (χ2n) is 3.42. The van der Waals surface area contributed by atoms with Crippen LogP contribution in [0.3, 0.4) is 0 Å². The van der Waals surface area contributed by atoms with Gasteiger partial charge < -0.3 is 5.73 Å². The summed E-state index contributed by atoms with van der Waals surface area (Å²) in [5, 5.41) is 0.909. The van der Waals surface area contributed by atoms with Crippen LogP contribution < -0.4 is 5.73 Å². The first-order valence-corrected chi connectivity index (χ1v) is 5.54. The van der Waals surface area contributed by atoms with Crippen molar-refractivity contribution in [3.63, 3.8) is 0 Å². The highest BCUT2D eigenvalue weighted by Gasteiger charge is 2.13. The maximum atomic E-state index is 11.7. The Kier molecular flexibility index (Phi) is 4.58. The van der Waals surface area contributed by atoms with Gasteiger partial charge in [0.2, 0.25) is 0 Å². The average Bonchev–Trinajstić information content (AvgIpc) is 2.17. The molecule has 1 rings (SSSR count). The zero-order valence-electron chi connectivity index (χ0n) is 8.47. The molecule has 0 saturated heterocycles. The third-order valence-electron chi connectivity index (χ3n) is 2.20. The Balaban J connectivity index is 2.82. The molecule has 82 valence electrons. The van der Waals surface area contributed by atoms with E-state index in [1.165, 1.54) is 0 Å². The van der Waals surface area contributed by atoms with Gasteiger partial charge in [-0.2, -0.15) is 0 Å². The van der Waals surface area contributed by atoms with Crippen LogP contribution in [0.2, 0.25) is 10.0 Å². The van der Waals surface area contributed by atoms with Crippen LogP contribution in [0.1, 0.15) is 30.1 Å². The zero-order chi connectivity index (χ0) is 11.4. The molecule has 1 unspecified atom stereocenters. The Hall–Kier alpha value is -0.570. The van der Waals surface area contributed by atoms with Gasteiger partial charge in [0.1, 0.15) is 0 Å². The Morgan fingerprint density at radius 3 is 2.67 bits per heavy atom. The Morgan fingerprint density at radius 1 is 1.47 bits per heavy atom. The third-order valence-corrected chi connectivity index (χ3v) is 2.75. The van der Waals surface area contributed by atoms with Crippen LogP contribution in [0.5, 0.6) is 0 Å². The van der Waals surface area contributed by atoms with Gasteiger partial charge in [0.25, 0.3) is 0 Å². The zero-order valence-corrected chi connectivity index (χ0v) is 9.98. The number of carbonyl (C=O) groups excluding carboxylic acids is 1. The average molecular weight is 246 g/mol. The maximum Gasteiger partial charge on any atom is 0.165 e. The van der Waals surface area contributed by atoms with Crippen molar-refractivity contribution in [3.05, 3.63) is 33.8 Å². The lowest BCUT2D eigenvalue weighted by Gasteiger charge is -2.08. The van der Waals surface area contributed by atoms with Crippen molar-refractivity contribution < 1.29 is 4.79 Å². The molecule has 1 aromatic carbocycles. The summed E-state index contributed by atoms with van der Waals surface area (Å²) in [6, 6.07) is 4.74. The van der Waals surface area contributed by atoms with Crippen LogP contribution in [-0.4, -0.2) is 11.8 Å². The topological polar surface area (TPSA) is 43.1 Å². The summed E-state index contributed by atoms with van der Waals surface area (Å²) in [6.07, 6.45) is 1.09. The lowest BCUT2D eigenvalue weighted by Crippen LogP contribution is -2.22. The molecule has 2 N–H and O–H groups in total. The molecule has 0 bridgehead atoms. The first kappa shape index (κ1) is 12.5. The van der Waals surface area contributed by atoms with E-state index in [9.17, 15) is 4.79 Å². The first-order chi connectivity index (χ1) is 7.04. The second kappa shape index (κ2) is 5.50. The van der Waals surface area contributed by atoms with E-state index < -0.39 is 0 Å². The SMILES string of the molecule is CCC(N)CC(=O)c1ccc(Cl)cc1Cl. The molecule has 0 radical (unpaired) electrons. The summed E-state index contributed by atoms with van der Waals surface area (Å²) in [5.41, 5.74) is 6.19. The minimum atomic E-state index is -0.107. The lowest BCUT2D eigenvalue weighted by atomic mass is 10.0. The molecular weight excluding hydrogens is 233 g/mol. The van der Waals surface area contributed by atoms with Crippen molar-refractivity contribution in [3.8, 4) is 0 Å². The Morgan fingerprint density at radius 2 is 2.13 bits per heavy atom. The number of hydrogen-bond acceptors (Lipinski definition) is 2. The van der Waals surface area contributed by atoms with E-state index in [0.29, 0.717) is 22.0 Å². The van der Waals surface area contributed by atoms with Crippen LogP contribution in [0, 0.1) is 0 Å². The van der Waals surface area contributed by atoms with E-state index in [4.69, 9.17) is 28.9 Å². The molecule has 1 aromatic rings. The molecule has 1 atom stereocenters. The highest BCUT2D eigenvalue weighted by Crippen LogP contribution is 2.22. The molecule has 0 fully saturated rings. The molecule has 2 nitrogen and oxygen atoms in total. The summed E-state index contributed by atoms with van der Waals surface area (Å²) in [7, 11) is 0. The standard InChI is InChI=1S/C11H13Cl2NO/c1-2-8(14)6-11(15)9-4-3-7(12)5-10(9)13/h3-5,8H,2,6,14H2,1H3. The quantitative estimate of drug-likeness (QED) is 0.828. The predicted molar refractivity (Wildman–Crippen MR) is 63.7 cm³/mol. The monoisotopic (exact) mass is 245 g/mol. The molecule has 4 heteroatoms. The van der Waals surface area contributed by atoms with Gasteiger partial charge in [0.05, 0.1) is 5.02 Å². The number of hydrogen-bond donors (Lipinski definition) is 1. The Bertz CT molecular complexity index is 366. The number of Topliss-reactive ketones (excluding diaryl/α,β-unsaturated/α-hetero) is 1. The van der Waals surface area contributed by atoms with Gasteiger partial charge >= 0.3 is 0 Å². The fourth-order valence-corrected chi connectivity index (χ4v) is 1.72. The largest absolute Gasteiger partial charge is 0.327 e. The normalized spacial score (nSPS) is 12.5. The minimum absolute atomic E-state index is 0.0361. The number of carbonyl (C=O) groups is 1. The smallest absolute Gasteiger partial charge is 0.165 e.